The van der Waals surface area contributed by atoms with E-state index in [4.69, 9.17) is 9.47 Å². The van der Waals surface area contributed by atoms with E-state index in [1.54, 1.807) is 27.7 Å². The number of alkyl halides is 9. The van der Waals surface area contributed by atoms with Crippen molar-refractivity contribution in [1.29, 1.82) is 0 Å². The lowest BCUT2D eigenvalue weighted by molar-refractivity contribution is -0.143. The van der Waals surface area contributed by atoms with E-state index in [1.807, 2.05) is 0 Å². The van der Waals surface area contributed by atoms with Gasteiger partial charge < -0.3 is 14.4 Å². The number of nitrogens with zero attached hydrogens (tertiary/aromatic N) is 2. The Bertz CT molecular complexity index is 1320. The van der Waals surface area contributed by atoms with E-state index in [2.05, 4.69) is 0 Å². The fourth-order valence-electron chi connectivity index (χ4n) is 4.94. The molecule has 0 saturated carbocycles. The highest BCUT2D eigenvalue weighted by Crippen LogP contribution is 2.46. The van der Waals surface area contributed by atoms with Crippen LogP contribution in [-0.4, -0.2) is 42.4 Å². The first-order chi connectivity index (χ1) is 19.6. The highest BCUT2D eigenvalue weighted by atomic mass is 19.4. The number of halogens is 9. The van der Waals surface area contributed by atoms with Gasteiger partial charge >= 0.3 is 30.7 Å². The van der Waals surface area contributed by atoms with E-state index < -0.39 is 83.6 Å². The summed E-state index contributed by atoms with van der Waals surface area (Å²) in [7, 11) is 0.950. The SMILES string of the molecule is CCC1C(CN(Cc2cc(C(F)(F)F)cc(C(F)(F)F)c2)C(=O)OC)c2ccc(C(F)(F)F)cc2N1C(=O)OC(C)(C)C. The average molecular weight is 629 g/mol. The van der Waals surface area contributed by atoms with Gasteiger partial charge in [0, 0.05) is 25.0 Å². The predicted octanol–water partition coefficient (Wildman–Crippen LogP) is 8.63. The van der Waals surface area contributed by atoms with Crippen LogP contribution in [-0.2, 0) is 34.5 Å². The van der Waals surface area contributed by atoms with Crippen LogP contribution in [0.4, 0.5) is 54.8 Å². The molecule has 2 amide bonds. The number of hydrogen-bond donors (Lipinski definition) is 0. The van der Waals surface area contributed by atoms with Crippen molar-refractivity contribution in [3.05, 3.63) is 64.2 Å². The molecule has 0 bridgehead atoms. The number of benzene rings is 2. The third-order valence-corrected chi connectivity index (χ3v) is 6.69. The Morgan fingerprint density at radius 3 is 1.81 bits per heavy atom. The molecule has 1 aliphatic rings. The molecule has 2 aromatic carbocycles. The predicted molar refractivity (Wildman–Crippen MR) is 136 cm³/mol. The third kappa shape index (κ3) is 7.85. The van der Waals surface area contributed by atoms with E-state index in [0.717, 1.165) is 35.1 Å². The number of methoxy groups -OCH3 is 1. The van der Waals surface area contributed by atoms with Crippen molar-refractivity contribution in [2.24, 2.45) is 0 Å². The van der Waals surface area contributed by atoms with Gasteiger partial charge in [-0.1, -0.05) is 13.0 Å². The molecule has 0 aromatic heterocycles. The molecule has 1 aliphatic heterocycles. The molecule has 0 radical (unpaired) electrons. The molecule has 0 N–H and O–H groups in total. The molecule has 6 nitrogen and oxygen atoms in total. The molecule has 0 fully saturated rings. The van der Waals surface area contributed by atoms with Gasteiger partial charge in [0.05, 0.1) is 29.5 Å². The van der Waals surface area contributed by atoms with Crippen LogP contribution in [0, 0.1) is 0 Å². The maximum atomic E-state index is 13.6. The van der Waals surface area contributed by atoms with Crippen molar-refractivity contribution in [2.75, 3.05) is 18.6 Å². The minimum atomic E-state index is -5.13. The smallest absolute Gasteiger partial charge is 0.416 e. The quantitative estimate of drug-likeness (QED) is 0.311. The van der Waals surface area contributed by atoms with Gasteiger partial charge in [-0.25, -0.2) is 9.59 Å². The van der Waals surface area contributed by atoms with E-state index in [0.29, 0.717) is 12.1 Å². The lowest BCUT2D eigenvalue weighted by Crippen LogP contribution is -2.45. The van der Waals surface area contributed by atoms with Crippen LogP contribution in [0.5, 0.6) is 0 Å². The fourth-order valence-corrected chi connectivity index (χ4v) is 4.94. The standard InChI is InChI=1S/C28H29F9N2O4/c1-6-21-20(19-8-7-16(26(29,30)31)12-22(19)39(21)24(41)43-25(2,3)4)14-38(23(40)42-5)13-15-9-17(27(32,33)34)11-18(10-15)28(35,36)37/h7-12,20-21H,6,13-14H2,1-5H3. The van der Waals surface area contributed by atoms with E-state index in [9.17, 15) is 49.1 Å². The Morgan fingerprint density at radius 1 is 0.837 bits per heavy atom. The number of ether oxygens (including phenoxy) is 2. The number of carbonyl (C=O) groups excluding carboxylic acids is 2. The summed E-state index contributed by atoms with van der Waals surface area (Å²) in [5, 5.41) is 0. The minimum absolute atomic E-state index is 0.0523. The second-order valence-corrected chi connectivity index (χ2v) is 11.0. The van der Waals surface area contributed by atoms with Gasteiger partial charge in [0.1, 0.15) is 5.60 Å². The number of anilines is 1. The van der Waals surface area contributed by atoms with E-state index >= 15 is 0 Å². The van der Waals surface area contributed by atoms with E-state index in [-0.39, 0.29) is 23.7 Å². The van der Waals surface area contributed by atoms with Crippen LogP contribution in [0.15, 0.2) is 36.4 Å². The van der Waals surface area contributed by atoms with Crippen LogP contribution in [0.25, 0.3) is 0 Å². The average Bonchev–Trinajstić information content (AvgIpc) is 3.17. The first-order valence-electron chi connectivity index (χ1n) is 12.9. The summed E-state index contributed by atoms with van der Waals surface area (Å²) in [6, 6.07) is 2.64. The molecule has 238 valence electrons. The second-order valence-electron chi connectivity index (χ2n) is 11.0. The Kier molecular flexibility index (Phi) is 9.28. The Labute approximate surface area is 241 Å². The van der Waals surface area contributed by atoms with Crippen molar-refractivity contribution in [2.45, 2.75) is 76.8 Å². The molecule has 15 heteroatoms. The molecule has 2 atom stereocenters. The van der Waals surface area contributed by atoms with Crippen molar-refractivity contribution in [3.63, 3.8) is 0 Å². The zero-order valence-corrected chi connectivity index (χ0v) is 23.7. The molecular weight excluding hydrogens is 599 g/mol. The Morgan fingerprint density at radius 2 is 1.37 bits per heavy atom. The number of fused-ring (bicyclic) bond motifs is 1. The van der Waals surface area contributed by atoms with Gasteiger partial charge in [-0.15, -0.1) is 0 Å². The normalized spacial score (nSPS) is 17.5. The fraction of sp³-hybridized carbons (Fsp3) is 0.500. The highest BCUT2D eigenvalue weighted by Gasteiger charge is 2.45. The number of carbonyl (C=O) groups is 2. The van der Waals surface area contributed by atoms with Gasteiger partial charge in [0.2, 0.25) is 0 Å². The molecular formula is C28H29F9N2O4. The lowest BCUT2D eigenvalue weighted by atomic mass is 9.92. The molecule has 0 saturated heterocycles. The topological polar surface area (TPSA) is 59.1 Å². The van der Waals surface area contributed by atoms with Crippen LogP contribution < -0.4 is 4.90 Å². The maximum Gasteiger partial charge on any atom is 0.416 e. The molecule has 2 aromatic rings. The summed E-state index contributed by atoms with van der Waals surface area (Å²) in [6.07, 6.45) is -17.0. The first-order valence-corrected chi connectivity index (χ1v) is 12.9. The summed E-state index contributed by atoms with van der Waals surface area (Å²) < 4.78 is 132. The molecule has 1 heterocycles. The van der Waals surface area contributed by atoms with Crippen molar-refractivity contribution in [3.8, 4) is 0 Å². The zero-order valence-electron chi connectivity index (χ0n) is 23.7. The van der Waals surface area contributed by atoms with Crippen molar-refractivity contribution >= 4 is 17.9 Å². The summed E-state index contributed by atoms with van der Waals surface area (Å²) in [4.78, 5) is 27.9. The second kappa shape index (κ2) is 11.8. The van der Waals surface area contributed by atoms with Crippen LogP contribution in [0.3, 0.4) is 0 Å². The number of hydrogen-bond acceptors (Lipinski definition) is 4. The Hall–Kier alpha value is -3.65. The molecule has 2 unspecified atom stereocenters. The van der Waals surface area contributed by atoms with Gasteiger partial charge in [0.25, 0.3) is 0 Å². The zero-order chi connectivity index (χ0) is 32.7. The van der Waals surface area contributed by atoms with Crippen LogP contribution in [0.1, 0.15) is 67.9 Å². The molecule has 0 spiro atoms. The van der Waals surface area contributed by atoms with Crippen LogP contribution >= 0.6 is 0 Å². The highest BCUT2D eigenvalue weighted by molar-refractivity contribution is 5.92. The summed E-state index contributed by atoms with van der Waals surface area (Å²) in [6.45, 7) is 5.08. The van der Waals surface area contributed by atoms with E-state index in [1.165, 1.54) is 0 Å². The summed E-state index contributed by atoms with van der Waals surface area (Å²) >= 11 is 0. The van der Waals surface area contributed by atoms with Gasteiger partial charge in [-0.2, -0.15) is 39.5 Å². The lowest BCUT2D eigenvalue weighted by Gasteiger charge is -2.32. The molecule has 43 heavy (non-hydrogen) atoms. The monoisotopic (exact) mass is 628 g/mol. The largest absolute Gasteiger partial charge is 0.453 e. The first kappa shape index (κ1) is 33.8. The van der Waals surface area contributed by atoms with Crippen LogP contribution in [0.2, 0.25) is 0 Å². The van der Waals surface area contributed by atoms with Crippen molar-refractivity contribution < 1.29 is 58.6 Å². The van der Waals surface area contributed by atoms with Gasteiger partial charge in [-0.05, 0) is 68.7 Å². The van der Waals surface area contributed by atoms with Crippen molar-refractivity contribution in [1.82, 2.24) is 4.90 Å². The Balaban J connectivity index is 2.11. The third-order valence-electron chi connectivity index (χ3n) is 6.69. The number of rotatable bonds is 5. The summed E-state index contributed by atoms with van der Waals surface area (Å²) in [5.41, 5.74) is -5.75. The molecule has 3 rings (SSSR count). The van der Waals surface area contributed by atoms with Gasteiger partial charge in [0.15, 0.2) is 0 Å². The molecule has 0 aliphatic carbocycles. The van der Waals surface area contributed by atoms with Gasteiger partial charge in [-0.3, -0.25) is 4.90 Å². The maximum absolute atomic E-state index is 13.6. The number of amides is 2. The summed E-state index contributed by atoms with van der Waals surface area (Å²) in [5.74, 6) is -0.915. The minimum Gasteiger partial charge on any atom is -0.453 e.